The normalized spacial score (nSPS) is 13.5. The Morgan fingerprint density at radius 1 is 0.925 bits per heavy atom. The average Bonchev–Trinajstić information content (AvgIpc) is 2.98. The molecule has 1 fully saturated rings. The third kappa shape index (κ3) is 8.48. The molecule has 212 valence electrons. The third-order valence-electron chi connectivity index (χ3n) is 7.12. The van der Waals surface area contributed by atoms with Gasteiger partial charge in [0.05, 0.1) is 12.7 Å². The summed E-state index contributed by atoms with van der Waals surface area (Å²) in [5.74, 6) is 1.18. The molecule has 1 saturated heterocycles. The molecular formula is C32H40N4O4. The van der Waals surface area contributed by atoms with Crippen molar-refractivity contribution in [2.75, 3.05) is 55.5 Å². The summed E-state index contributed by atoms with van der Waals surface area (Å²) in [6, 6.07) is 22.9. The van der Waals surface area contributed by atoms with Crippen LogP contribution in [0.5, 0.6) is 5.75 Å². The lowest BCUT2D eigenvalue weighted by atomic mass is 9.89. The van der Waals surface area contributed by atoms with E-state index in [0.29, 0.717) is 48.4 Å². The molecule has 1 aliphatic rings. The number of rotatable bonds is 12. The smallest absolute Gasteiger partial charge is 0.323 e. The summed E-state index contributed by atoms with van der Waals surface area (Å²) in [7, 11) is 1.60. The molecule has 0 unspecified atom stereocenters. The van der Waals surface area contributed by atoms with E-state index >= 15 is 0 Å². The van der Waals surface area contributed by atoms with Crippen LogP contribution < -0.4 is 25.6 Å². The van der Waals surface area contributed by atoms with Gasteiger partial charge in [-0.15, -0.1) is 0 Å². The fourth-order valence-electron chi connectivity index (χ4n) is 4.98. The van der Waals surface area contributed by atoms with Gasteiger partial charge in [-0.25, -0.2) is 4.79 Å². The first kappa shape index (κ1) is 29.0. The Labute approximate surface area is 237 Å². The van der Waals surface area contributed by atoms with Crippen molar-refractivity contribution in [1.29, 1.82) is 0 Å². The largest absolute Gasteiger partial charge is 0.497 e. The predicted octanol–water partition coefficient (Wildman–Crippen LogP) is 5.95. The Bertz CT molecular complexity index is 1230. The highest BCUT2D eigenvalue weighted by molar-refractivity contribution is 6.04. The number of nitrogens with zero attached hydrogens (tertiary/aromatic N) is 1. The average molecular weight is 545 g/mol. The molecule has 0 spiro atoms. The second-order valence-electron chi connectivity index (χ2n) is 9.97. The highest BCUT2D eigenvalue weighted by Gasteiger charge is 2.24. The molecule has 8 nitrogen and oxygen atoms in total. The van der Waals surface area contributed by atoms with Gasteiger partial charge < -0.3 is 30.3 Å². The zero-order valence-corrected chi connectivity index (χ0v) is 23.4. The zero-order valence-electron chi connectivity index (χ0n) is 23.4. The number of hydrogen-bond acceptors (Lipinski definition) is 5. The number of ether oxygens (including phenoxy) is 2. The minimum atomic E-state index is -0.386. The SMILES string of the molecule is CCOCCCNC(=O)c1cc(NC(=O)Nc2ccc(OC)cc2)ccc1N1CCC(Cc2ccccc2)CC1. The summed E-state index contributed by atoms with van der Waals surface area (Å²) in [6.07, 6.45) is 3.94. The monoisotopic (exact) mass is 544 g/mol. The topological polar surface area (TPSA) is 91.9 Å². The highest BCUT2D eigenvalue weighted by atomic mass is 16.5. The van der Waals surface area contributed by atoms with Crippen LogP contribution in [0.3, 0.4) is 0 Å². The maximum absolute atomic E-state index is 13.3. The van der Waals surface area contributed by atoms with Crippen molar-refractivity contribution < 1.29 is 19.1 Å². The maximum Gasteiger partial charge on any atom is 0.323 e. The minimum Gasteiger partial charge on any atom is -0.497 e. The van der Waals surface area contributed by atoms with E-state index in [0.717, 1.165) is 44.5 Å². The second-order valence-corrected chi connectivity index (χ2v) is 9.97. The molecule has 4 rings (SSSR count). The number of benzene rings is 3. The van der Waals surface area contributed by atoms with Crippen molar-refractivity contribution in [2.45, 2.75) is 32.6 Å². The molecule has 0 aliphatic carbocycles. The fraction of sp³-hybridized carbons (Fsp3) is 0.375. The Kier molecular flexibility index (Phi) is 10.8. The van der Waals surface area contributed by atoms with Crippen molar-refractivity contribution in [3.05, 3.63) is 83.9 Å². The van der Waals surface area contributed by atoms with Crippen LogP contribution in [0, 0.1) is 5.92 Å². The number of nitrogens with one attached hydrogen (secondary N) is 3. The van der Waals surface area contributed by atoms with Gasteiger partial charge in [0, 0.05) is 49.9 Å². The van der Waals surface area contributed by atoms with Gasteiger partial charge in [0.15, 0.2) is 0 Å². The van der Waals surface area contributed by atoms with E-state index in [1.807, 2.05) is 19.1 Å². The first-order valence-electron chi connectivity index (χ1n) is 14.1. The van der Waals surface area contributed by atoms with Crippen molar-refractivity contribution >= 4 is 29.0 Å². The molecule has 1 heterocycles. The lowest BCUT2D eigenvalue weighted by Crippen LogP contribution is -2.36. The van der Waals surface area contributed by atoms with Crippen molar-refractivity contribution in [1.82, 2.24) is 5.32 Å². The van der Waals surface area contributed by atoms with E-state index in [1.54, 1.807) is 37.4 Å². The molecule has 3 amide bonds. The van der Waals surface area contributed by atoms with Crippen molar-refractivity contribution in [3.8, 4) is 5.75 Å². The molecule has 0 bridgehead atoms. The number of anilines is 3. The molecule has 8 heteroatoms. The number of piperidine rings is 1. The molecular weight excluding hydrogens is 504 g/mol. The molecule has 3 aromatic carbocycles. The number of methoxy groups -OCH3 is 1. The molecule has 0 atom stereocenters. The second kappa shape index (κ2) is 14.9. The third-order valence-corrected chi connectivity index (χ3v) is 7.12. The van der Waals surface area contributed by atoms with E-state index < -0.39 is 0 Å². The summed E-state index contributed by atoms with van der Waals surface area (Å²) in [5.41, 5.74) is 4.01. The van der Waals surface area contributed by atoms with Crippen LogP contribution in [0.1, 0.15) is 42.1 Å². The Morgan fingerprint density at radius 3 is 2.33 bits per heavy atom. The maximum atomic E-state index is 13.3. The molecule has 3 aromatic rings. The predicted molar refractivity (Wildman–Crippen MR) is 161 cm³/mol. The Balaban J connectivity index is 1.43. The van der Waals surface area contributed by atoms with Gasteiger partial charge in [-0.3, -0.25) is 4.79 Å². The van der Waals surface area contributed by atoms with Gasteiger partial charge >= 0.3 is 6.03 Å². The van der Waals surface area contributed by atoms with Gasteiger partial charge in [-0.1, -0.05) is 30.3 Å². The Morgan fingerprint density at radius 2 is 1.62 bits per heavy atom. The van der Waals surface area contributed by atoms with Gasteiger partial charge in [0.1, 0.15) is 5.75 Å². The van der Waals surface area contributed by atoms with Crippen LogP contribution >= 0.6 is 0 Å². The number of urea groups is 1. The molecule has 1 aliphatic heterocycles. The number of amides is 3. The molecule has 0 aromatic heterocycles. The molecule has 40 heavy (non-hydrogen) atoms. The highest BCUT2D eigenvalue weighted by Crippen LogP contribution is 2.30. The summed E-state index contributed by atoms with van der Waals surface area (Å²) in [6.45, 7) is 5.50. The first-order chi connectivity index (χ1) is 19.6. The van der Waals surface area contributed by atoms with E-state index in [2.05, 4.69) is 51.2 Å². The quantitative estimate of drug-likeness (QED) is 0.245. The Hall–Kier alpha value is -4.04. The summed E-state index contributed by atoms with van der Waals surface area (Å²) in [4.78, 5) is 28.3. The van der Waals surface area contributed by atoms with Crippen LogP contribution in [0.4, 0.5) is 21.9 Å². The standard InChI is InChI=1S/C32H40N4O4/c1-3-40-21-7-18-33-31(37)29-23-27(35-32(38)34-26-10-13-28(39-2)14-11-26)12-15-30(29)36-19-16-25(17-20-36)22-24-8-5-4-6-9-24/h4-6,8-15,23,25H,3,7,16-22H2,1-2H3,(H,33,37)(H2,34,35,38). The van der Waals surface area contributed by atoms with Gasteiger partial charge in [0.25, 0.3) is 5.91 Å². The van der Waals surface area contributed by atoms with E-state index in [1.165, 1.54) is 5.56 Å². The van der Waals surface area contributed by atoms with Crippen LogP contribution in [-0.4, -0.2) is 51.9 Å². The molecule has 0 saturated carbocycles. The van der Waals surface area contributed by atoms with E-state index in [-0.39, 0.29) is 11.9 Å². The lowest BCUT2D eigenvalue weighted by Gasteiger charge is -2.35. The summed E-state index contributed by atoms with van der Waals surface area (Å²) < 4.78 is 10.6. The number of carbonyl (C=O) groups is 2. The minimum absolute atomic E-state index is 0.155. The van der Waals surface area contributed by atoms with Crippen LogP contribution in [0.2, 0.25) is 0 Å². The lowest BCUT2D eigenvalue weighted by molar-refractivity contribution is 0.0944. The van der Waals surface area contributed by atoms with Gasteiger partial charge in [0.2, 0.25) is 0 Å². The van der Waals surface area contributed by atoms with Crippen LogP contribution in [0.25, 0.3) is 0 Å². The first-order valence-corrected chi connectivity index (χ1v) is 14.1. The van der Waals surface area contributed by atoms with Crippen molar-refractivity contribution in [2.24, 2.45) is 5.92 Å². The van der Waals surface area contributed by atoms with E-state index in [9.17, 15) is 9.59 Å². The fourth-order valence-corrected chi connectivity index (χ4v) is 4.98. The van der Waals surface area contributed by atoms with Crippen molar-refractivity contribution in [3.63, 3.8) is 0 Å². The zero-order chi connectivity index (χ0) is 28.2. The summed E-state index contributed by atoms with van der Waals surface area (Å²) in [5, 5.41) is 8.70. The van der Waals surface area contributed by atoms with Crippen LogP contribution in [-0.2, 0) is 11.2 Å². The number of carbonyl (C=O) groups excluding carboxylic acids is 2. The van der Waals surface area contributed by atoms with Gasteiger partial charge in [-0.05, 0) is 86.6 Å². The molecule has 0 radical (unpaired) electrons. The number of hydrogen-bond donors (Lipinski definition) is 3. The van der Waals surface area contributed by atoms with E-state index in [4.69, 9.17) is 9.47 Å². The van der Waals surface area contributed by atoms with Gasteiger partial charge in [-0.2, -0.15) is 0 Å². The van der Waals surface area contributed by atoms with Crippen LogP contribution in [0.15, 0.2) is 72.8 Å². The molecule has 3 N–H and O–H groups in total. The summed E-state index contributed by atoms with van der Waals surface area (Å²) >= 11 is 0.